The van der Waals surface area contributed by atoms with Gasteiger partial charge in [0.05, 0.1) is 0 Å². The number of alkyl halides is 36. The predicted molar refractivity (Wildman–Crippen MR) is 96.6 cm³/mol. The van der Waals surface area contributed by atoms with Crippen molar-refractivity contribution in [3.63, 3.8) is 0 Å². The van der Waals surface area contributed by atoms with Crippen molar-refractivity contribution in [2.45, 2.75) is 105 Å². The van der Waals surface area contributed by atoms with E-state index in [2.05, 4.69) is 0 Å². The van der Waals surface area contributed by atoms with Gasteiger partial charge in [-0.3, -0.25) is 0 Å². The molecule has 0 N–H and O–H groups in total. The molecule has 0 aliphatic carbocycles. The minimum absolute atomic E-state index is 5.25. The lowest BCUT2D eigenvalue weighted by Crippen LogP contribution is -2.82. The first kappa shape index (κ1) is 50.8. The monoisotopic (exact) mass is 932 g/mol. The van der Waals surface area contributed by atoms with E-state index in [1.165, 1.54) is 0 Å². The van der Waals surface area contributed by atoms with Gasteiger partial charge in [0.2, 0.25) is 0 Å². The van der Waals surface area contributed by atoms with Gasteiger partial charge in [0.25, 0.3) is 0 Å². The van der Waals surface area contributed by atoms with Gasteiger partial charge in [-0.2, -0.15) is 158 Å². The molecule has 0 radical (unpaired) electrons. The van der Waals surface area contributed by atoms with Crippen LogP contribution >= 0.6 is 11.8 Å². The molecule has 37 heteroatoms. The van der Waals surface area contributed by atoms with Gasteiger partial charge in [-0.25, -0.2) is 0 Å². The molecule has 0 aromatic rings. The number of hydrogen-bond donors (Lipinski definition) is 0. The van der Waals surface area contributed by atoms with Gasteiger partial charge in [0.15, 0.2) is 9.49 Å². The molecule has 0 aromatic carbocycles. The van der Waals surface area contributed by atoms with Gasteiger partial charge < -0.3 is 0 Å². The molecule has 1 aliphatic rings. The maximum absolute atomic E-state index is 15.1. The summed E-state index contributed by atoms with van der Waals surface area (Å²) in [5.41, 5.74) is 0. The summed E-state index contributed by atoms with van der Waals surface area (Å²) in [6.45, 7) is 0. The molecular formula is C18F36S. The third kappa shape index (κ3) is 5.37. The average Bonchev–Trinajstić information content (AvgIpc) is 3.65. The molecule has 0 bridgehead atoms. The molecule has 1 fully saturated rings. The number of thioether (sulfide) groups is 1. The van der Waals surface area contributed by atoms with Crippen molar-refractivity contribution in [3.05, 3.63) is 0 Å². The van der Waals surface area contributed by atoms with Crippen LogP contribution in [0, 0.1) is 0 Å². The SMILES string of the molecule is FC(F)(F)C(F)(F)C(F)(F)C(F)(F)C1(C(F)(F)C(F)(F)C(F)(F)C(F)(F)F)SC1(C(F)(F)C(F)(F)C(F)(F)C(F)(F)F)C(F)(F)C(F)(F)C(F)(F)C(F)(F)F. The largest absolute Gasteiger partial charge is 0.460 e. The molecule has 330 valence electrons. The Morgan fingerprint density at radius 3 is 0.382 bits per heavy atom. The summed E-state index contributed by atoms with van der Waals surface area (Å²) < 4.78 is 474. The number of rotatable bonds is 12. The zero-order chi connectivity index (χ0) is 45.7. The van der Waals surface area contributed by atoms with Crippen LogP contribution in [0.3, 0.4) is 0 Å². The van der Waals surface area contributed by atoms with Crippen LogP contribution in [0.25, 0.3) is 0 Å². The van der Waals surface area contributed by atoms with Crippen LogP contribution in [0.1, 0.15) is 0 Å². The predicted octanol–water partition coefficient (Wildman–Crippen LogP) is 12.1. The molecular weight excluding hydrogens is 932 g/mol. The smallest absolute Gasteiger partial charge is 0.198 e. The normalized spacial score (nSPS) is 19.9. The fraction of sp³-hybridized carbons (Fsp3) is 1.00. The fourth-order valence-corrected chi connectivity index (χ4v) is 6.07. The van der Waals surface area contributed by atoms with Crippen molar-refractivity contribution in [2.24, 2.45) is 0 Å². The van der Waals surface area contributed by atoms with Crippen LogP contribution in [0.4, 0.5) is 158 Å². The summed E-state index contributed by atoms with van der Waals surface area (Å²) in [7, 11) is 0. The highest BCUT2D eigenvalue weighted by molar-refractivity contribution is 8.10. The number of hydrogen-bond acceptors (Lipinski definition) is 1. The maximum Gasteiger partial charge on any atom is 0.460 e. The topological polar surface area (TPSA) is 0 Å². The van der Waals surface area contributed by atoms with E-state index in [0.717, 1.165) is 0 Å². The van der Waals surface area contributed by atoms with Crippen LogP contribution in [-0.4, -0.2) is 105 Å². The first-order chi connectivity index (χ1) is 23.0. The Morgan fingerprint density at radius 1 is 0.182 bits per heavy atom. The molecule has 0 nitrogen and oxygen atoms in total. The molecule has 0 amide bonds. The Hall–Kier alpha value is -2.17. The second-order valence-corrected chi connectivity index (χ2v) is 11.8. The van der Waals surface area contributed by atoms with Crippen molar-refractivity contribution in [2.75, 3.05) is 0 Å². The van der Waals surface area contributed by atoms with Crippen molar-refractivity contribution in [1.29, 1.82) is 0 Å². The highest BCUT2D eigenvalue weighted by atomic mass is 32.2. The highest BCUT2D eigenvalue weighted by Crippen LogP contribution is 2.90. The Kier molecular flexibility index (Phi) is 10.8. The molecule has 1 aliphatic heterocycles. The Labute approximate surface area is 276 Å². The average molecular weight is 932 g/mol. The van der Waals surface area contributed by atoms with Crippen LogP contribution < -0.4 is 0 Å². The van der Waals surface area contributed by atoms with E-state index >= 15 is 35.1 Å². The minimum atomic E-state index is -10.5. The van der Waals surface area contributed by atoms with Crippen LogP contribution in [0.5, 0.6) is 0 Å². The van der Waals surface area contributed by atoms with Crippen molar-refractivity contribution in [3.8, 4) is 0 Å². The van der Waals surface area contributed by atoms with Crippen molar-refractivity contribution >= 4 is 11.8 Å². The lowest BCUT2D eigenvalue weighted by Gasteiger charge is -2.49. The first-order valence-corrected chi connectivity index (χ1v) is 12.3. The Balaban J connectivity index is 5.25. The molecule has 0 aromatic heterocycles. The summed E-state index contributed by atoms with van der Waals surface area (Å²) in [4.78, 5) is 0. The Morgan fingerprint density at radius 2 is 0.291 bits per heavy atom. The zero-order valence-corrected chi connectivity index (χ0v) is 23.8. The summed E-state index contributed by atoms with van der Waals surface area (Å²) in [6.07, 6.45) is -35.7. The van der Waals surface area contributed by atoms with Crippen LogP contribution in [0.15, 0.2) is 0 Å². The molecule has 0 atom stereocenters. The summed E-state index contributed by atoms with van der Waals surface area (Å²) in [5, 5.41) is 0. The van der Waals surface area contributed by atoms with Crippen LogP contribution in [-0.2, 0) is 0 Å². The summed E-state index contributed by atoms with van der Waals surface area (Å²) >= 11 is -5.25. The molecule has 0 saturated carbocycles. The van der Waals surface area contributed by atoms with E-state index < -0.39 is 117 Å². The third-order valence-corrected chi connectivity index (χ3v) is 9.15. The van der Waals surface area contributed by atoms with E-state index in [9.17, 15) is 123 Å². The fourth-order valence-electron chi connectivity index (χ4n) is 4.12. The second kappa shape index (κ2) is 11.7. The summed E-state index contributed by atoms with van der Waals surface area (Å²) in [6, 6.07) is 0. The highest BCUT2D eigenvalue weighted by Gasteiger charge is 3.15. The van der Waals surface area contributed by atoms with E-state index in [-0.39, 0.29) is 0 Å². The molecule has 0 spiro atoms. The van der Waals surface area contributed by atoms with Gasteiger partial charge in [-0.05, 0) is 0 Å². The lowest BCUT2D eigenvalue weighted by atomic mass is 9.66. The van der Waals surface area contributed by atoms with Gasteiger partial charge in [-0.1, -0.05) is 0 Å². The van der Waals surface area contributed by atoms with Crippen molar-refractivity contribution < 1.29 is 158 Å². The van der Waals surface area contributed by atoms with E-state index in [1.54, 1.807) is 0 Å². The third-order valence-electron chi connectivity index (χ3n) is 7.11. The summed E-state index contributed by atoms with van der Waals surface area (Å²) in [5.74, 6) is -121. The quantitative estimate of drug-likeness (QED) is 0.139. The first-order valence-electron chi connectivity index (χ1n) is 11.5. The van der Waals surface area contributed by atoms with E-state index in [1.807, 2.05) is 0 Å². The van der Waals surface area contributed by atoms with E-state index in [0.29, 0.717) is 0 Å². The van der Waals surface area contributed by atoms with Gasteiger partial charge in [0, 0.05) is 0 Å². The standard InChI is InChI=1S/C18F36S/c19-3(20,7(27,28)11(35,36)15(43,44)45)1(4(21,22)8(29,30)12(37,38)16(46,47)48)2(55-1,5(23,24)9(31,32)13(39,40)17(49,50)51)6(25,26)10(33,34)14(41,42)18(52,53)54. The molecule has 1 heterocycles. The number of halogens is 36. The van der Waals surface area contributed by atoms with E-state index in [4.69, 9.17) is 0 Å². The van der Waals surface area contributed by atoms with Gasteiger partial charge in [0.1, 0.15) is 0 Å². The lowest BCUT2D eigenvalue weighted by molar-refractivity contribution is -0.453. The zero-order valence-electron chi connectivity index (χ0n) is 23.0. The van der Waals surface area contributed by atoms with Gasteiger partial charge >= 0.3 is 95.8 Å². The van der Waals surface area contributed by atoms with Gasteiger partial charge in [-0.15, -0.1) is 11.8 Å². The minimum Gasteiger partial charge on any atom is -0.198 e. The molecule has 1 saturated heterocycles. The second-order valence-electron chi connectivity index (χ2n) is 10.3. The van der Waals surface area contributed by atoms with Crippen LogP contribution in [0.2, 0.25) is 0 Å². The maximum atomic E-state index is 15.1. The molecule has 1 rings (SSSR count). The van der Waals surface area contributed by atoms with Crippen molar-refractivity contribution in [1.82, 2.24) is 0 Å². The molecule has 0 unspecified atom stereocenters. The Bertz CT molecular complexity index is 1230. The molecule has 55 heavy (non-hydrogen) atoms.